The zero-order valence-corrected chi connectivity index (χ0v) is 13.2. The topological polar surface area (TPSA) is 126 Å². The molecule has 0 spiro atoms. The van der Waals surface area contributed by atoms with Crippen LogP contribution in [0.1, 0.15) is 45.4 Å². The van der Waals surface area contributed by atoms with Gasteiger partial charge in [0.15, 0.2) is 0 Å². The third-order valence-electron chi connectivity index (χ3n) is 1.48. The van der Waals surface area contributed by atoms with E-state index in [0.29, 0.717) is 0 Å². The summed E-state index contributed by atoms with van der Waals surface area (Å²) in [5.74, 6) is -0.920. The summed E-state index contributed by atoms with van der Waals surface area (Å²) >= 11 is 0. The molecule has 0 aromatic carbocycles. The standard InChI is InChI=1S/C8H16O2.H3O4P.Zn/c1-2-3-4-5-6-7-8(9)10;1-5(2,3)4;/h2-7H2,1H3,(H,9,10);(H3,1,2,3,4);/q;;+2/p-4. The maximum atomic E-state index is 9.92. The smallest absolute Gasteiger partial charge is 0.822 e. The predicted molar refractivity (Wildman–Crippen MR) is 46.0 cm³/mol. The van der Waals surface area contributed by atoms with Gasteiger partial charge in [-0.25, -0.2) is 0 Å². The van der Waals surface area contributed by atoms with Crippen molar-refractivity contribution < 1.29 is 48.6 Å². The van der Waals surface area contributed by atoms with E-state index in [1.807, 2.05) is 0 Å². The number of carboxylic acid groups (broad SMARTS) is 1. The van der Waals surface area contributed by atoms with E-state index in [0.717, 1.165) is 19.3 Å². The minimum Gasteiger partial charge on any atom is -0.822 e. The molecule has 0 rings (SSSR count). The Bertz CT molecular complexity index is 196. The van der Waals surface area contributed by atoms with Crippen LogP contribution in [0.5, 0.6) is 0 Å². The Labute approximate surface area is 108 Å². The van der Waals surface area contributed by atoms with E-state index < -0.39 is 13.8 Å². The van der Waals surface area contributed by atoms with Crippen LogP contribution < -0.4 is 19.8 Å². The second kappa shape index (κ2) is 13.3. The second-order valence-corrected chi connectivity index (χ2v) is 3.88. The quantitative estimate of drug-likeness (QED) is 0.326. The van der Waals surface area contributed by atoms with E-state index in [9.17, 15) is 9.90 Å². The van der Waals surface area contributed by atoms with Crippen LogP contribution in [-0.4, -0.2) is 5.97 Å². The molecule has 0 bridgehead atoms. The zero-order chi connectivity index (χ0) is 12.3. The summed E-state index contributed by atoms with van der Waals surface area (Å²) in [6.45, 7) is 2.14. The van der Waals surface area contributed by atoms with E-state index in [1.54, 1.807) is 0 Å². The first kappa shape index (κ1) is 21.5. The molecular weight excluding hydrogens is 288 g/mol. The van der Waals surface area contributed by atoms with E-state index >= 15 is 0 Å². The fraction of sp³-hybridized carbons (Fsp3) is 0.875. The Morgan fingerprint density at radius 3 is 1.75 bits per heavy atom. The van der Waals surface area contributed by atoms with Gasteiger partial charge in [-0.3, -0.25) is 0 Å². The summed E-state index contributed by atoms with van der Waals surface area (Å²) in [6, 6.07) is 0. The first-order valence-electron chi connectivity index (χ1n) is 4.70. The molecule has 6 nitrogen and oxygen atoms in total. The monoisotopic (exact) mass is 302 g/mol. The van der Waals surface area contributed by atoms with Gasteiger partial charge >= 0.3 is 19.5 Å². The fourth-order valence-corrected chi connectivity index (χ4v) is 0.873. The number of unbranched alkanes of at least 4 members (excludes halogenated alkanes) is 4. The van der Waals surface area contributed by atoms with Gasteiger partial charge in [0.1, 0.15) is 0 Å². The van der Waals surface area contributed by atoms with Crippen molar-refractivity contribution in [1.82, 2.24) is 0 Å². The molecule has 0 radical (unpaired) electrons. The molecule has 0 aromatic heterocycles. The van der Waals surface area contributed by atoms with Crippen molar-refractivity contribution >= 4 is 13.8 Å². The van der Waals surface area contributed by atoms with Crippen LogP contribution in [0.3, 0.4) is 0 Å². The summed E-state index contributed by atoms with van der Waals surface area (Å²) in [5, 5.41) is 9.92. The zero-order valence-electron chi connectivity index (χ0n) is 9.35. The van der Waals surface area contributed by atoms with E-state index in [4.69, 9.17) is 19.2 Å². The van der Waals surface area contributed by atoms with Gasteiger partial charge in [0, 0.05) is 5.97 Å². The van der Waals surface area contributed by atoms with Gasteiger partial charge in [0.05, 0.1) is 0 Å². The molecular formula is C8H15O6PZn-2. The molecule has 0 N–H and O–H groups in total. The molecule has 92 valence electrons. The molecule has 0 heterocycles. The summed E-state index contributed by atoms with van der Waals surface area (Å²) < 4.78 is 8.55. The van der Waals surface area contributed by atoms with Gasteiger partial charge in [0.2, 0.25) is 0 Å². The summed E-state index contributed by atoms with van der Waals surface area (Å²) in [7, 11) is -5.39. The van der Waals surface area contributed by atoms with Crippen molar-refractivity contribution in [2.75, 3.05) is 0 Å². The molecule has 0 aliphatic carbocycles. The number of aliphatic carboxylic acids is 1. The average molecular weight is 304 g/mol. The Kier molecular flexibility index (Phi) is 17.8. The molecule has 0 unspecified atom stereocenters. The van der Waals surface area contributed by atoms with Crippen LogP contribution in [0.25, 0.3) is 0 Å². The van der Waals surface area contributed by atoms with Gasteiger partial charge < -0.3 is 29.1 Å². The molecule has 0 saturated heterocycles. The van der Waals surface area contributed by atoms with Crippen molar-refractivity contribution in [2.24, 2.45) is 0 Å². The van der Waals surface area contributed by atoms with Crippen molar-refractivity contribution in [1.29, 1.82) is 0 Å². The molecule has 16 heavy (non-hydrogen) atoms. The van der Waals surface area contributed by atoms with E-state index in [2.05, 4.69) is 6.92 Å². The number of carbonyl (C=O) groups is 1. The van der Waals surface area contributed by atoms with Crippen LogP contribution in [-0.2, 0) is 28.8 Å². The molecule has 0 atom stereocenters. The summed E-state index contributed by atoms with van der Waals surface area (Å²) in [5.41, 5.74) is 0. The number of carboxylic acids is 1. The van der Waals surface area contributed by atoms with Gasteiger partial charge in [-0.15, -0.1) is 0 Å². The SMILES string of the molecule is CCCCCCCC(=O)[O-].O=P([O-])([O-])[O-].[Zn+2]. The van der Waals surface area contributed by atoms with Gasteiger partial charge in [0.25, 0.3) is 0 Å². The molecule has 0 aliphatic heterocycles. The van der Waals surface area contributed by atoms with Crippen molar-refractivity contribution in [3.63, 3.8) is 0 Å². The summed E-state index contributed by atoms with van der Waals surface area (Å²) in [4.78, 5) is 35.6. The minimum absolute atomic E-state index is 0. The Morgan fingerprint density at radius 2 is 1.44 bits per heavy atom. The maximum Gasteiger partial charge on any atom is 2.00 e. The molecule has 0 aliphatic rings. The molecule has 8 heteroatoms. The molecule has 0 aromatic rings. The van der Waals surface area contributed by atoms with Crippen LogP contribution in [0, 0.1) is 0 Å². The van der Waals surface area contributed by atoms with Crippen LogP contribution in [0.2, 0.25) is 0 Å². The van der Waals surface area contributed by atoms with Crippen molar-refractivity contribution in [2.45, 2.75) is 45.4 Å². The Hall–Kier alpha value is 0.203. The largest absolute Gasteiger partial charge is 2.00 e. The van der Waals surface area contributed by atoms with Crippen molar-refractivity contribution in [3.8, 4) is 0 Å². The third kappa shape index (κ3) is 47.7. The third-order valence-corrected chi connectivity index (χ3v) is 1.48. The minimum atomic E-state index is -5.39. The van der Waals surface area contributed by atoms with Gasteiger partial charge in [-0.1, -0.05) is 32.6 Å². The van der Waals surface area contributed by atoms with Crippen LogP contribution in [0.4, 0.5) is 0 Å². The van der Waals surface area contributed by atoms with Gasteiger partial charge in [-0.2, -0.15) is 7.82 Å². The second-order valence-electron chi connectivity index (χ2n) is 2.98. The van der Waals surface area contributed by atoms with Crippen LogP contribution in [0.15, 0.2) is 0 Å². The predicted octanol–water partition coefficient (Wildman–Crippen LogP) is -1.73. The van der Waals surface area contributed by atoms with Gasteiger partial charge in [-0.05, 0) is 12.8 Å². The average Bonchev–Trinajstić information content (AvgIpc) is 2.00. The van der Waals surface area contributed by atoms with E-state index in [-0.39, 0.29) is 25.9 Å². The first-order valence-corrected chi connectivity index (χ1v) is 6.16. The number of carbonyl (C=O) groups excluding carboxylic acids is 1. The summed E-state index contributed by atoms with van der Waals surface area (Å²) in [6.07, 6.45) is 5.61. The van der Waals surface area contributed by atoms with Crippen molar-refractivity contribution in [3.05, 3.63) is 0 Å². The number of rotatable bonds is 6. The number of phosphoric acid groups is 1. The number of hydrogen-bond acceptors (Lipinski definition) is 6. The maximum absolute atomic E-state index is 9.92. The van der Waals surface area contributed by atoms with Crippen LogP contribution >= 0.6 is 7.82 Å². The first-order chi connectivity index (χ1) is 6.77. The Balaban J connectivity index is -0.000000242. The normalized spacial score (nSPS) is 9.75. The van der Waals surface area contributed by atoms with E-state index in [1.165, 1.54) is 12.8 Å². The Morgan fingerprint density at radius 1 is 1.06 bits per heavy atom. The number of hydrogen-bond donors (Lipinski definition) is 0. The molecule has 0 fully saturated rings. The molecule has 0 amide bonds. The fourth-order valence-electron chi connectivity index (χ4n) is 0.873. The molecule has 0 saturated carbocycles.